The molecule has 1 fully saturated rings. The minimum Gasteiger partial charge on any atom is -0.469 e. The maximum Gasteiger partial charge on any atom is 0.312 e. The molecular formula is C21H32N3O4+. The number of benzene rings is 1. The van der Waals surface area contributed by atoms with E-state index in [9.17, 15) is 14.4 Å². The molecule has 7 nitrogen and oxygen atoms in total. The molecule has 1 aromatic rings. The third-order valence-corrected chi connectivity index (χ3v) is 5.18. The molecule has 2 atom stereocenters. The normalized spacial score (nSPS) is 19.5. The highest BCUT2D eigenvalue weighted by atomic mass is 16.5. The Morgan fingerprint density at radius 1 is 1.21 bits per heavy atom. The second-order valence-corrected chi connectivity index (χ2v) is 7.88. The molecule has 0 aliphatic carbocycles. The van der Waals surface area contributed by atoms with Crippen LogP contribution in [0.3, 0.4) is 0 Å². The van der Waals surface area contributed by atoms with Crippen molar-refractivity contribution in [2.75, 3.05) is 32.1 Å². The molecule has 1 aromatic carbocycles. The summed E-state index contributed by atoms with van der Waals surface area (Å²) >= 11 is 0. The lowest BCUT2D eigenvalue weighted by atomic mass is 9.92. The average molecular weight is 391 g/mol. The van der Waals surface area contributed by atoms with Crippen molar-refractivity contribution >= 4 is 23.5 Å². The van der Waals surface area contributed by atoms with Crippen molar-refractivity contribution in [1.82, 2.24) is 5.32 Å². The van der Waals surface area contributed by atoms with Crippen molar-refractivity contribution in [3.63, 3.8) is 0 Å². The minimum atomic E-state index is -0.614. The van der Waals surface area contributed by atoms with E-state index in [1.54, 1.807) is 0 Å². The van der Waals surface area contributed by atoms with E-state index < -0.39 is 12.0 Å². The summed E-state index contributed by atoms with van der Waals surface area (Å²) < 4.78 is 4.70. The predicted octanol–water partition coefficient (Wildman–Crippen LogP) is 0.818. The van der Waals surface area contributed by atoms with Crippen LogP contribution >= 0.6 is 0 Å². The van der Waals surface area contributed by atoms with E-state index in [1.807, 2.05) is 18.2 Å². The highest BCUT2D eigenvalue weighted by Gasteiger charge is 2.37. The van der Waals surface area contributed by atoms with E-state index in [-0.39, 0.29) is 36.6 Å². The molecule has 1 heterocycles. The molecule has 3 N–H and O–H groups in total. The van der Waals surface area contributed by atoms with Crippen LogP contribution in [0.5, 0.6) is 0 Å². The SMILES string of the molecule is COC(=O)C[C@@H]1C(=O)NCC[NH+]1CC(=O)Nc1c(C(C)C)cccc1C(C)C. The topological polar surface area (TPSA) is 88.9 Å². The van der Waals surface area contributed by atoms with Crippen LogP contribution < -0.4 is 15.5 Å². The van der Waals surface area contributed by atoms with Gasteiger partial charge < -0.3 is 20.3 Å². The van der Waals surface area contributed by atoms with Crippen molar-refractivity contribution < 1.29 is 24.0 Å². The van der Waals surface area contributed by atoms with E-state index in [1.165, 1.54) is 7.11 Å². The molecule has 0 bridgehead atoms. The van der Waals surface area contributed by atoms with Gasteiger partial charge >= 0.3 is 5.97 Å². The molecule has 0 aromatic heterocycles. The molecule has 28 heavy (non-hydrogen) atoms. The van der Waals surface area contributed by atoms with Crippen LogP contribution in [0.25, 0.3) is 0 Å². The van der Waals surface area contributed by atoms with Gasteiger partial charge in [0.2, 0.25) is 0 Å². The van der Waals surface area contributed by atoms with Crippen LogP contribution in [0.15, 0.2) is 18.2 Å². The number of esters is 1. The van der Waals surface area contributed by atoms with Crippen LogP contribution in [-0.2, 0) is 19.1 Å². The first kappa shape index (κ1) is 21.9. The Bertz CT molecular complexity index is 704. The van der Waals surface area contributed by atoms with Crippen molar-refractivity contribution in [3.8, 4) is 0 Å². The maximum atomic E-state index is 12.9. The lowest BCUT2D eigenvalue weighted by Crippen LogP contribution is -3.20. The van der Waals surface area contributed by atoms with E-state index in [2.05, 4.69) is 38.3 Å². The Morgan fingerprint density at radius 2 is 1.82 bits per heavy atom. The number of hydrogen-bond donors (Lipinski definition) is 3. The number of methoxy groups -OCH3 is 1. The average Bonchev–Trinajstić information content (AvgIpc) is 2.64. The van der Waals surface area contributed by atoms with Gasteiger partial charge in [-0.1, -0.05) is 45.9 Å². The van der Waals surface area contributed by atoms with Gasteiger partial charge in [-0.3, -0.25) is 14.4 Å². The molecule has 1 unspecified atom stereocenters. The summed E-state index contributed by atoms with van der Waals surface area (Å²) in [5.74, 6) is -0.282. The molecule has 0 saturated carbocycles. The molecule has 0 spiro atoms. The van der Waals surface area contributed by atoms with Crippen LogP contribution in [-0.4, -0.2) is 50.6 Å². The van der Waals surface area contributed by atoms with Crippen molar-refractivity contribution in [2.24, 2.45) is 0 Å². The largest absolute Gasteiger partial charge is 0.469 e. The number of nitrogens with one attached hydrogen (secondary N) is 3. The molecule has 0 radical (unpaired) electrons. The molecule has 2 amide bonds. The van der Waals surface area contributed by atoms with Crippen molar-refractivity contribution in [2.45, 2.75) is 52.0 Å². The molecule has 154 valence electrons. The Hall–Kier alpha value is -2.41. The summed E-state index contributed by atoms with van der Waals surface area (Å²) in [5.41, 5.74) is 3.05. The van der Waals surface area contributed by atoms with Gasteiger partial charge in [0.1, 0.15) is 6.42 Å². The Kier molecular flexibility index (Phi) is 7.57. The van der Waals surface area contributed by atoms with E-state index >= 15 is 0 Å². The Labute approximate surface area is 166 Å². The summed E-state index contributed by atoms with van der Waals surface area (Å²) in [7, 11) is 1.30. The number of rotatable bonds is 7. The summed E-state index contributed by atoms with van der Waals surface area (Å²) in [6.45, 7) is 9.59. The number of piperazine rings is 1. The number of anilines is 1. The predicted molar refractivity (Wildman–Crippen MR) is 107 cm³/mol. The molecule has 2 rings (SSSR count). The fourth-order valence-corrected chi connectivity index (χ4v) is 3.61. The number of carbonyl (C=O) groups is 3. The van der Waals surface area contributed by atoms with Crippen molar-refractivity contribution in [3.05, 3.63) is 29.3 Å². The number of hydrogen-bond acceptors (Lipinski definition) is 4. The zero-order valence-corrected chi connectivity index (χ0v) is 17.4. The fourth-order valence-electron chi connectivity index (χ4n) is 3.61. The quantitative estimate of drug-likeness (QED) is 0.602. The van der Waals surface area contributed by atoms with E-state index in [0.717, 1.165) is 21.7 Å². The van der Waals surface area contributed by atoms with Gasteiger partial charge in [0.25, 0.3) is 11.8 Å². The van der Waals surface area contributed by atoms with Crippen LogP contribution in [0.1, 0.15) is 57.1 Å². The zero-order chi connectivity index (χ0) is 20.8. The summed E-state index contributed by atoms with van der Waals surface area (Å²) in [6, 6.07) is 5.48. The molecule has 1 saturated heterocycles. The molecule has 1 aliphatic rings. The first-order chi connectivity index (χ1) is 13.2. The zero-order valence-electron chi connectivity index (χ0n) is 17.4. The highest BCUT2D eigenvalue weighted by Crippen LogP contribution is 2.32. The molecule has 1 aliphatic heterocycles. The summed E-state index contributed by atoms with van der Waals surface area (Å²) in [6.07, 6.45) is -0.0369. The van der Waals surface area contributed by atoms with Gasteiger partial charge in [-0.2, -0.15) is 0 Å². The Morgan fingerprint density at radius 3 is 2.36 bits per heavy atom. The molecule has 7 heteroatoms. The number of para-hydroxylation sites is 1. The summed E-state index contributed by atoms with van der Waals surface area (Å²) in [4.78, 5) is 37.5. The smallest absolute Gasteiger partial charge is 0.312 e. The third kappa shape index (κ3) is 5.32. The first-order valence-electron chi connectivity index (χ1n) is 9.86. The minimum absolute atomic E-state index is 0.0369. The van der Waals surface area contributed by atoms with Crippen LogP contribution in [0.4, 0.5) is 5.69 Å². The fraction of sp³-hybridized carbons (Fsp3) is 0.571. The summed E-state index contributed by atoms with van der Waals surface area (Å²) in [5, 5.41) is 5.85. The number of quaternary nitrogens is 1. The number of carbonyl (C=O) groups excluding carboxylic acids is 3. The van der Waals surface area contributed by atoms with Crippen LogP contribution in [0.2, 0.25) is 0 Å². The van der Waals surface area contributed by atoms with E-state index in [0.29, 0.717) is 13.1 Å². The second-order valence-electron chi connectivity index (χ2n) is 7.88. The molecular weight excluding hydrogens is 358 g/mol. The van der Waals surface area contributed by atoms with Gasteiger partial charge in [-0.15, -0.1) is 0 Å². The van der Waals surface area contributed by atoms with Crippen molar-refractivity contribution in [1.29, 1.82) is 0 Å². The maximum absolute atomic E-state index is 12.9. The lowest BCUT2D eigenvalue weighted by molar-refractivity contribution is -0.909. The second kappa shape index (κ2) is 9.68. The first-order valence-corrected chi connectivity index (χ1v) is 9.86. The number of ether oxygens (including phenoxy) is 1. The Balaban J connectivity index is 2.19. The highest BCUT2D eigenvalue weighted by molar-refractivity contribution is 5.94. The standard InChI is InChI=1S/C21H31N3O4/c1-13(2)15-7-6-8-16(14(3)4)20(15)23-18(25)12-24-10-9-22-21(27)17(24)11-19(26)28-5/h6-8,13-14,17H,9-12H2,1-5H3,(H,22,27)(H,23,25)/p+1/t17-/m1/s1. The third-order valence-electron chi connectivity index (χ3n) is 5.18. The van der Waals surface area contributed by atoms with Gasteiger partial charge in [0.15, 0.2) is 12.6 Å². The number of amides is 2. The van der Waals surface area contributed by atoms with Gasteiger partial charge in [-0.05, 0) is 23.0 Å². The van der Waals surface area contributed by atoms with Crippen LogP contribution in [0, 0.1) is 0 Å². The van der Waals surface area contributed by atoms with Gasteiger partial charge in [0, 0.05) is 5.69 Å². The van der Waals surface area contributed by atoms with Gasteiger partial charge in [0.05, 0.1) is 20.2 Å². The lowest BCUT2D eigenvalue weighted by Gasteiger charge is -2.31. The monoisotopic (exact) mass is 390 g/mol. The van der Waals surface area contributed by atoms with E-state index in [4.69, 9.17) is 4.74 Å². The van der Waals surface area contributed by atoms with Gasteiger partial charge in [-0.25, -0.2) is 0 Å².